The molecule has 1 heterocycles. The van der Waals surface area contributed by atoms with Gasteiger partial charge in [-0.1, -0.05) is 24.3 Å². The van der Waals surface area contributed by atoms with E-state index in [0.717, 1.165) is 62.9 Å². The molecule has 1 fully saturated rings. The number of ether oxygens (including phenoxy) is 1. The van der Waals surface area contributed by atoms with Crippen LogP contribution in [0.2, 0.25) is 0 Å². The Bertz CT molecular complexity index is 890. The van der Waals surface area contributed by atoms with Gasteiger partial charge in [0.15, 0.2) is 0 Å². The molecule has 3 rings (SSSR count). The van der Waals surface area contributed by atoms with Gasteiger partial charge in [-0.2, -0.15) is 0 Å². The molecule has 0 aliphatic carbocycles. The summed E-state index contributed by atoms with van der Waals surface area (Å²) in [5, 5.41) is 10.6. The van der Waals surface area contributed by atoms with Gasteiger partial charge in [0, 0.05) is 12.2 Å². The zero-order valence-electron chi connectivity index (χ0n) is 17.8. The van der Waals surface area contributed by atoms with Crippen molar-refractivity contribution in [1.82, 2.24) is 4.90 Å². The molecule has 1 atom stereocenters. The quantitative estimate of drug-likeness (QED) is 0.635. The fourth-order valence-electron chi connectivity index (χ4n) is 3.96. The Morgan fingerprint density at radius 3 is 2.30 bits per heavy atom. The van der Waals surface area contributed by atoms with Gasteiger partial charge in [-0.3, -0.25) is 4.72 Å². The largest absolute Gasteiger partial charge is 0.497 e. The molecule has 0 spiro atoms. The zero-order chi connectivity index (χ0) is 21.6. The lowest BCUT2D eigenvalue weighted by Gasteiger charge is -2.33. The van der Waals surface area contributed by atoms with Crippen LogP contribution < -0.4 is 9.46 Å². The van der Waals surface area contributed by atoms with Crippen molar-refractivity contribution < 1.29 is 18.3 Å². The number of nitrogens with one attached hydrogen (secondary N) is 1. The van der Waals surface area contributed by atoms with E-state index in [1.807, 2.05) is 12.1 Å². The third-order valence-electron chi connectivity index (χ3n) is 5.74. The maximum absolute atomic E-state index is 11.3. The molecule has 1 aliphatic rings. The number of anilines is 1. The molecule has 2 aromatic carbocycles. The van der Waals surface area contributed by atoms with Crippen LogP contribution in [0.4, 0.5) is 5.69 Å². The smallest absolute Gasteiger partial charge is 0.229 e. The molecule has 1 aliphatic heterocycles. The van der Waals surface area contributed by atoms with Crippen molar-refractivity contribution >= 4 is 15.7 Å². The first-order chi connectivity index (χ1) is 14.3. The number of methoxy groups -OCH3 is 1. The van der Waals surface area contributed by atoms with E-state index < -0.39 is 16.1 Å². The summed E-state index contributed by atoms with van der Waals surface area (Å²) in [6.07, 6.45) is 4.56. The maximum atomic E-state index is 11.3. The third kappa shape index (κ3) is 7.00. The van der Waals surface area contributed by atoms with E-state index in [-0.39, 0.29) is 0 Å². The standard InChI is InChI=1S/C23H32N2O4S/c1-29-22-9-3-18(4-10-22)11-14-25-15-12-19(13-16-25)17-23(26)20-5-7-21(8-6-20)24-30(2,27)28/h3-10,19,23-24,26H,11-17H2,1-2H3. The summed E-state index contributed by atoms with van der Waals surface area (Å²) in [5.74, 6) is 1.39. The summed E-state index contributed by atoms with van der Waals surface area (Å²) in [6, 6.07) is 15.2. The van der Waals surface area contributed by atoms with Gasteiger partial charge in [0.05, 0.1) is 19.5 Å². The molecule has 0 aromatic heterocycles. The van der Waals surface area contributed by atoms with E-state index in [9.17, 15) is 13.5 Å². The van der Waals surface area contributed by atoms with Gasteiger partial charge in [-0.15, -0.1) is 0 Å². The van der Waals surface area contributed by atoms with Gasteiger partial charge in [0.2, 0.25) is 10.0 Å². The van der Waals surface area contributed by atoms with Gasteiger partial charge in [-0.05, 0) is 80.1 Å². The molecule has 7 heteroatoms. The van der Waals surface area contributed by atoms with E-state index in [1.165, 1.54) is 5.56 Å². The molecule has 2 aromatic rings. The van der Waals surface area contributed by atoms with E-state index in [1.54, 1.807) is 31.4 Å². The average Bonchev–Trinajstić information content (AvgIpc) is 2.73. The summed E-state index contributed by atoms with van der Waals surface area (Å²) < 4.78 is 30.2. The minimum atomic E-state index is -3.29. The number of aliphatic hydroxyl groups excluding tert-OH is 1. The SMILES string of the molecule is COc1ccc(CCN2CCC(CC(O)c3ccc(NS(C)(=O)=O)cc3)CC2)cc1. The molecule has 30 heavy (non-hydrogen) atoms. The number of hydrogen-bond donors (Lipinski definition) is 2. The lowest BCUT2D eigenvalue weighted by Crippen LogP contribution is -2.35. The van der Waals surface area contributed by atoms with Crippen LogP contribution in [0.25, 0.3) is 0 Å². The Hall–Kier alpha value is -2.09. The molecular weight excluding hydrogens is 400 g/mol. The monoisotopic (exact) mass is 432 g/mol. The van der Waals surface area contributed by atoms with Gasteiger partial charge in [-0.25, -0.2) is 8.42 Å². The van der Waals surface area contributed by atoms with Crippen LogP contribution in [-0.4, -0.2) is 51.4 Å². The summed E-state index contributed by atoms with van der Waals surface area (Å²) in [4.78, 5) is 2.50. The highest BCUT2D eigenvalue weighted by Gasteiger charge is 2.22. The van der Waals surface area contributed by atoms with Gasteiger partial charge in [0.1, 0.15) is 5.75 Å². The zero-order valence-corrected chi connectivity index (χ0v) is 18.6. The van der Waals surface area contributed by atoms with Gasteiger partial charge in [0.25, 0.3) is 0 Å². The molecule has 1 unspecified atom stereocenters. The number of piperidine rings is 1. The Morgan fingerprint density at radius 1 is 1.10 bits per heavy atom. The third-order valence-corrected chi connectivity index (χ3v) is 6.34. The molecule has 0 bridgehead atoms. The number of sulfonamides is 1. The average molecular weight is 433 g/mol. The predicted molar refractivity (Wildman–Crippen MR) is 120 cm³/mol. The topological polar surface area (TPSA) is 78.9 Å². The fraction of sp³-hybridized carbons (Fsp3) is 0.478. The van der Waals surface area contributed by atoms with Crippen molar-refractivity contribution in [3.63, 3.8) is 0 Å². The molecule has 6 nitrogen and oxygen atoms in total. The van der Waals surface area contributed by atoms with Crippen molar-refractivity contribution in [3.8, 4) is 5.75 Å². The first-order valence-electron chi connectivity index (χ1n) is 10.4. The van der Waals surface area contributed by atoms with Crippen LogP contribution in [0.1, 0.15) is 36.5 Å². The Morgan fingerprint density at radius 2 is 1.73 bits per heavy atom. The first-order valence-corrected chi connectivity index (χ1v) is 12.3. The highest BCUT2D eigenvalue weighted by Crippen LogP contribution is 2.29. The van der Waals surface area contributed by atoms with Crippen LogP contribution in [0.3, 0.4) is 0 Å². The van der Waals surface area contributed by atoms with Crippen molar-refractivity contribution in [2.45, 2.75) is 31.8 Å². The number of hydrogen-bond acceptors (Lipinski definition) is 5. The molecule has 1 saturated heterocycles. The lowest BCUT2D eigenvalue weighted by atomic mass is 9.89. The number of aliphatic hydroxyl groups is 1. The first kappa shape index (κ1) is 22.6. The van der Waals surface area contributed by atoms with E-state index >= 15 is 0 Å². The highest BCUT2D eigenvalue weighted by molar-refractivity contribution is 7.92. The molecule has 0 radical (unpaired) electrons. The van der Waals surface area contributed by atoms with Crippen LogP contribution in [0, 0.1) is 5.92 Å². The molecule has 2 N–H and O–H groups in total. The number of benzene rings is 2. The summed E-state index contributed by atoms with van der Waals surface area (Å²) in [5.41, 5.74) is 2.66. The second-order valence-electron chi connectivity index (χ2n) is 8.13. The van der Waals surface area contributed by atoms with E-state index in [2.05, 4.69) is 21.8 Å². The Balaban J connectivity index is 1.41. The summed E-state index contributed by atoms with van der Waals surface area (Å²) in [7, 11) is -1.60. The molecule has 0 amide bonds. The number of likely N-dealkylation sites (tertiary alicyclic amines) is 1. The second-order valence-corrected chi connectivity index (χ2v) is 9.88. The van der Waals surface area contributed by atoms with Crippen molar-refractivity contribution in [2.75, 3.05) is 37.7 Å². The Kier molecular flexibility index (Phi) is 7.75. The summed E-state index contributed by atoms with van der Waals surface area (Å²) >= 11 is 0. The summed E-state index contributed by atoms with van der Waals surface area (Å²) in [6.45, 7) is 3.17. The van der Waals surface area contributed by atoms with Crippen molar-refractivity contribution in [3.05, 3.63) is 59.7 Å². The number of rotatable bonds is 9. The second kappa shape index (κ2) is 10.3. The predicted octanol–water partition coefficient (Wildman–Crippen LogP) is 3.44. The minimum Gasteiger partial charge on any atom is -0.497 e. The molecule has 0 saturated carbocycles. The van der Waals surface area contributed by atoms with Crippen LogP contribution in [-0.2, 0) is 16.4 Å². The van der Waals surface area contributed by atoms with Crippen LogP contribution >= 0.6 is 0 Å². The lowest BCUT2D eigenvalue weighted by molar-refractivity contribution is 0.108. The normalized spacial score (nSPS) is 16.9. The van der Waals surface area contributed by atoms with Crippen molar-refractivity contribution in [1.29, 1.82) is 0 Å². The minimum absolute atomic E-state index is 0.506. The van der Waals surface area contributed by atoms with Gasteiger partial charge < -0.3 is 14.7 Å². The van der Waals surface area contributed by atoms with Gasteiger partial charge >= 0.3 is 0 Å². The van der Waals surface area contributed by atoms with Crippen LogP contribution in [0.15, 0.2) is 48.5 Å². The van der Waals surface area contributed by atoms with E-state index in [4.69, 9.17) is 4.74 Å². The number of nitrogens with zero attached hydrogens (tertiary/aromatic N) is 1. The molecular formula is C23H32N2O4S. The molecule has 164 valence electrons. The highest BCUT2D eigenvalue weighted by atomic mass is 32.2. The van der Waals surface area contributed by atoms with Crippen molar-refractivity contribution in [2.24, 2.45) is 5.92 Å². The van der Waals surface area contributed by atoms with E-state index in [0.29, 0.717) is 11.6 Å². The van der Waals surface area contributed by atoms with Crippen LogP contribution in [0.5, 0.6) is 5.75 Å². The Labute approximate surface area is 179 Å². The fourth-order valence-corrected chi connectivity index (χ4v) is 4.53. The maximum Gasteiger partial charge on any atom is 0.229 e.